The van der Waals surface area contributed by atoms with Gasteiger partial charge >= 0.3 is 5.63 Å². The molecule has 0 aliphatic heterocycles. The smallest absolute Gasteiger partial charge is 0.335 e. The van der Waals surface area contributed by atoms with E-state index in [1.165, 1.54) is 18.2 Å². The number of rotatable bonds is 3. The van der Waals surface area contributed by atoms with E-state index < -0.39 is 17.1 Å². The quantitative estimate of drug-likeness (QED) is 0.852. The summed E-state index contributed by atoms with van der Waals surface area (Å²) in [5, 5.41) is 9.35. The van der Waals surface area contributed by atoms with Crippen molar-refractivity contribution in [2.24, 2.45) is 0 Å². The molecule has 1 N–H and O–H groups in total. The maximum atomic E-state index is 11.0. The molecule has 2 aromatic rings. The average molecular weight is 251 g/mol. The van der Waals surface area contributed by atoms with Gasteiger partial charge in [-0.05, 0) is 11.6 Å². The molecule has 0 spiro atoms. The van der Waals surface area contributed by atoms with Crippen LogP contribution in [0.25, 0.3) is 0 Å². The molecule has 17 heavy (non-hydrogen) atoms. The van der Waals surface area contributed by atoms with Crippen molar-refractivity contribution in [2.75, 3.05) is 0 Å². The lowest BCUT2D eigenvalue weighted by Gasteiger charge is -2.15. The Kier molecular flexibility index (Phi) is 3.61. The molecule has 4 heteroatoms. The van der Waals surface area contributed by atoms with Gasteiger partial charge < -0.3 is 9.52 Å². The van der Waals surface area contributed by atoms with Gasteiger partial charge in [0.05, 0.1) is 5.38 Å². The van der Waals surface area contributed by atoms with E-state index in [0.717, 1.165) is 5.56 Å². The highest BCUT2D eigenvalue weighted by molar-refractivity contribution is 6.21. The van der Waals surface area contributed by atoms with Gasteiger partial charge in [0.1, 0.15) is 11.9 Å². The summed E-state index contributed by atoms with van der Waals surface area (Å²) in [5.41, 5.74) is 0.270. The van der Waals surface area contributed by atoms with Gasteiger partial charge in [0.15, 0.2) is 0 Å². The molecule has 1 heterocycles. The summed E-state index contributed by atoms with van der Waals surface area (Å²) in [5.74, 6) is 0.168. The largest absolute Gasteiger partial charge is 0.425 e. The predicted molar refractivity (Wildman–Crippen MR) is 65.0 cm³/mol. The molecule has 2 rings (SSSR count). The summed E-state index contributed by atoms with van der Waals surface area (Å²) in [6.07, 6.45) is -1.05. The minimum absolute atomic E-state index is 0.168. The second-order valence-corrected chi connectivity index (χ2v) is 4.08. The molecule has 0 fully saturated rings. The zero-order valence-electron chi connectivity index (χ0n) is 8.92. The first-order valence-corrected chi connectivity index (χ1v) is 5.59. The Labute approximate surface area is 103 Å². The lowest BCUT2D eigenvalue weighted by molar-refractivity contribution is 0.140. The summed E-state index contributed by atoms with van der Waals surface area (Å²) in [6, 6.07) is 13.5. The zero-order chi connectivity index (χ0) is 12.3. The van der Waals surface area contributed by atoms with Crippen LogP contribution in [0.1, 0.15) is 22.8 Å². The van der Waals surface area contributed by atoms with E-state index in [2.05, 4.69) is 0 Å². The Morgan fingerprint density at radius 2 is 1.76 bits per heavy atom. The highest BCUT2D eigenvalue weighted by atomic mass is 35.5. The van der Waals surface area contributed by atoms with Crippen LogP contribution in [-0.4, -0.2) is 5.11 Å². The van der Waals surface area contributed by atoms with Crippen molar-refractivity contribution in [3.8, 4) is 0 Å². The SMILES string of the molecule is O=c1cccc([C@H](O)[C@H](Cl)c2ccccc2)o1. The van der Waals surface area contributed by atoms with Gasteiger partial charge in [0, 0.05) is 6.07 Å². The summed E-state index contributed by atoms with van der Waals surface area (Å²) in [7, 11) is 0. The van der Waals surface area contributed by atoms with Crippen molar-refractivity contribution in [1.29, 1.82) is 0 Å². The monoisotopic (exact) mass is 250 g/mol. The van der Waals surface area contributed by atoms with E-state index in [4.69, 9.17) is 16.0 Å². The van der Waals surface area contributed by atoms with E-state index in [1.54, 1.807) is 0 Å². The van der Waals surface area contributed by atoms with Crippen molar-refractivity contribution in [1.82, 2.24) is 0 Å². The average Bonchev–Trinajstić information content (AvgIpc) is 2.38. The third kappa shape index (κ3) is 2.75. The topological polar surface area (TPSA) is 50.4 Å². The maximum absolute atomic E-state index is 11.0. The molecule has 0 aliphatic rings. The molecule has 2 atom stereocenters. The molecule has 1 aromatic heterocycles. The van der Waals surface area contributed by atoms with Gasteiger partial charge in [0.25, 0.3) is 0 Å². The van der Waals surface area contributed by atoms with Crippen molar-refractivity contribution >= 4 is 11.6 Å². The normalized spacial score (nSPS) is 14.2. The fourth-order valence-electron chi connectivity index (χ4n) is 1.53. The molecule has 1 aromatic carbocycles. The van der Waals surface area contributed by atoms with Gasteiger partial charge in [0.2, 0.25) is 0 Å². The Morgan fingerprint density at radius 3 is 2.41 bits per heavy atom. The summed E-state index contributed by atoms with van der Waals surface area (Å²) in [6.45, 7) is 0. The number of benzene rings is 1. The van der Waals surface area contributed by atoms with E-state index in [1.807, 2.05) is 30.3 Å². The highest BCUT2D eigenvalue weighted by Crippen LogP contribution is 2.33. The number of alkyl halides is 1. The molecule has 88 valence electrons. The third-order valence-electron chi connectivity index (χ3n) is 2.40. The predicted octanol–water partition coefficient (Wildman–Crippen LogP) is 2.65. The highest BCUT2D eigenvalue weighted by Gasteiger charge is 2.22. The first kappa shape index (κ1) is 11.9. The summed E-state index contributed by atoms with van der Waals surface area (Å²) in [4.78, 5) is 11.0. The van der Waals surface area contributed by atoms with Crippen molar-refractivity contribution in [3.63, 3.8) is 0 Å². The molecule has 0 radical (unpaired) electrons. The molecule has 0 bridgehead atoms. The summed E-state index contributed by atoms with van der Waals surface area (Å²) >= 11 is 6.13. The Balaban J connectivity index is 2.26. The number of halogens is 1. The summed E-state index contributed by atoms with van der Waals surface area (Å²) < 4.78 is 4.89. The van der Waals surface area contributed by atoms with Crippen molar-refractivity contribution in [3.05, 3.63) is 70.3 Å². The molecule has 0 unspecified atom stereocenters. The first-order chi connectivity index (χ1) is 8.18. The second kappa shape index (κ2) is 5.17. The first-order valence-electron chi connectivity index (χ1n) is 5.15. The van der Waals surface area contributed by atoms with Crippen LogP contribution in [0, 0.1) is 0 Å². The number of aliphatic hydroxyl groups excluding tert-OH is 1. The lowest BCUT2D eigenvalue weighted by atomic mass is 10.1. The van der Waals surface area contributed by atoms with Gasteiger partial charge in [-0.25, -0.2) is 4.79 Å². The Morgan fingerprint density at radius 1 is 1.06 bits per heavy atom. The van der Waals surface area contributed by atoms with Gasteiger partial charge in [-0.2, -0.15) is 0 Å². The molecular formula is C13H11ClO3. The Hall–Kier alpha value is -1.58. The fourth-order valence-corrected chi connectivity index (χ4v) is 1.80. The maximum Gasteiger partial charge on any atom is 0.335 e. The van der Waals surface area contributed by atoms with Crippen molar-refractivity contribution < 1.29 is 9.52 Å². The Bertz CT molecular complexity index is 536. The standard InChI is InChI=1S/C13H11ClO3/c14-12(9-5-2-1-3-6-9)13(16)10-7-4-8-11(15)17-10/h1-8,12-13,16H/t12-,13+/m1/s1. The van der Waals surface area contributed by atoms with Crippen LogP contribution in [-0.2, 0) is 0 Å². The van der Waals surface area contributed by atoms with Crippen LogP contribution in [0.3, 0.4) is 0 Å². The molecule has 3 nitrogen and oxygen atoms in total. The number of hydrogen-bond donors (Lipinski definition) is 1. The third-order valence-corrected chi connectivity index (χ3v) is 2.89. The molecule has 0 saturated carbocycles. The van der Waals surface area contributed by atoms with Crippen LogP contribution in [0.4, 0.5) is 0 Å². The number of aliphatic hydroxyl groups is 1. The van der Waals surface area contributed by atoms with Crippen LogP contribution in [0.15, 0.2) is 57.7 Å². The van der Waals surface area contributed by atoms with Crippen LogP contribution in [0.5, 0.6) is 0 Å². The second-order valence-electron chi connectivity index (χ2n) is 3.61. The molecule has 0 amide bonds. The molecule has 0 aliphatic carbocycles. The minimum atomic E-state index is -1.05. The van der Waals surface area contributed by atoms with E-state index in [-0.39, 0.29) is 5.76 Å². The van der Waals surface area contributed by atoms with E-state index in [0.29, 0.717) is 0 Å². The van der Waals surface area contributed by atoms with E-state index >= 15 is 0 Å². The lowest BCUT2D eigenvalue weighted by Crippen LogP contribution is -2.08. The fraction of sp³-hybridized carbons (Fsp3) is 0.154. The molecule has 0 saturated heterocycles. The van der Waals surface area contributed by atoms with Gasteiger partial charge in [-0.3, -0.25) is 0 Å². The molecular weight excluding hydrogens is 240 g/mol. The van der Waals surface area contributed by atoms with Gasteiger partial charge in [-0.1, -0.05) is 36.4 Å². The van der Waals surface area contributed by atoms with Crippen LogP contribution < -0.4 is 5.63 Å². The zero-order valence-corrected chi connectivity index (χ0v) is 9.67. The minimum Gasteiger partial charge on any atom is -0.425 e. The van der Waals surface area contributed by atoms with Crippen LogP contribution in [0.2, 0.25) is 0 Å². The number of hydrogen-bond acceptors (Lipinski definition) is 3. The van der Waals surface area contributed by atoms with Crippen LogP contribution >= 0.6 is 11.6 Å². The van der Waals surface area contributed by atoms with E-state index in [9.17, 15) is 9.90 Å². The van der Waals surface area contributed by atoms with Crippen molar-refractivity contribution in [2.45, 2.75) is 11.5 Å². The van der Waals surface area contributed by atoms with Gasteiger partial charge in [-0.15, -0.1) is 11.6 Å².